The summed E-state index contributed by atoms with van der Waals surface area (Å²) in [7, 11) is 1.23. The van der Waals surface area contributed by atoms with Crippen molar-refractivity contribution in [1.29, 1.82) is 0 Å². The summed E-state index contributed by atoms with van der Waals surface area (Å²) >= 11 is 5.95. The van der Waals surface area contributed by atoms with Gasteiger partial charge in [-0.05, 0) is 30.3 Å². The highest BCUT2D eigenvalue weighted by Crippen LogP contribution is 2.32. The molecule has 22 heavy (non-hydrogen) atoms. The largest absolute Gasteiger partial charge is 0.465 e. The van der Waals surface area contributed by atoms with Gasteiger partial charge in [0.05, 0.1) is 29.5 Å². The Bertz CT molecular complexity index is 781. The number of ether oxygens (including phenoxy) is 1. The molecule has 3 rings (SSSR count). The number of carbonyl (C=O) groups excluding carboxylic acids is 3. The van der Waals surface area contributed by atoms with Crippen molar-refractivity contribution < 1.29 is 19.1 Å². The number of fused-ring (bicyclic) bond motifs is 1. The molecule has 5 nitrogen and oxygen atoms in total. The van der Waals surface area contributed by atoms with Gasteiger partial charge in [-0.15, -0.1) is 0 Å². The van der Waals surface area contributed by atoms with Gasteiger partial charge >= 0.3 is 5.97 Å². The second-order valence-corrected chi connectivity index (χ2v) is 5.08. The molecule has 2 amide bonds. The van der Waals surface area contributed by atoms with Crippen LogP contribution in [0, 0.1) is 0 Å². The number of esters is 1. The van der Waals surface area contributed by atoms with Crippen LogP contribution in [-0.2, 0) is 4.74 Å². The van der Waals surface area contributed by atoms with Gasteiger partial charge in [-0.3, -0.25) is 9.59 Å². The average molecular weight is 316 g/mol. The van der Waals surface area contributed by atoms with Crippen molar-refractivity contribution in [2.45, 2.75) is 0 Å². The van der Waals surface area contributed by atoms with Crippen molar-refractivity contribution in [3.8, 4) is 0 Å². The summed E-state index contributed by atoms with van der Waals surface area (Å²) in [6.45, 7) is 0. The number of anilines is 1. The molecule has 2 aromatic rings. The quantitative estimate of drug-likeness (QED) is 0.631. The first kappa shape index (κ1) is 14.3. The number of nitrogens with zero attached hydrogens (tertiary/aromatic N) is 1. The fraction of sp³-hybridized carbons (Fsp3) is 0.0625. The van der Waals surface area contributed by atoms with Crippen molar-refractivity contribution >= 4 is 35.1 Å². The Hall–Kier alpha value is -2.66. The van der Waals surface area contributed by atoms with E-state index in [1.165, 1.54) is 25.3 Å². The van der Waals surface area contributed by atoms with E-state index >= 15 is 0 Å². The Morgan fingerprint density at radius 3 is 2.18 bits per heavy atom. The summed E-state index contributed by atoms with van der Waals surface area (Å²) < 4.78 is 4.69. The van der Waals surface area contributed by atoms with Crippen LogP contribution in [0.5, 0.6) is 0 Å². The Morgan fingerprint density at radius 1 is 1.05 bits per heavy atom. The number of halogens is 1. The van der Waals surface area contributed by atoms with Crippen LogP contribution in [0.25, 0.3) is 0 Å². The number of methoxy groups -OCH3 is 1. The Balaban J connectivity index is 2.17. The minimum Gasteiger partial charge on any atom is -0.465 e. The van der Waals surface area contributed by atoms with Crippen LogP contribution in [0.2, 0.25) is 5.02 Å². The molecule has 0 bridgehead atoms. The molecule has 110 valence electrons. The second kappa shape index (κ2) is 5.27. The van der Waals surface area contributed by atoms with Crippen LogP contribution in [0.4, 0.5) is 5.69 Å². The van der Waals surface area contributed by atoms with Gasteiger partial charge in [-0.25, -0.2) is 9.69 Å². The molecule has 6 heteroatoms. The normalized spacial score (nSPS) is 13.3. The minimum atomic E-state index is -0.650. The molecular weight excluding hydrogens is 306 g/mol. The summed E-state index contributed by atoms with van der Waals surface area (Å²) in [5.74, 6) is -1.63. The Labute approximate surface area is 131 Å². The van der Waals surface area contributed by atoms with Crippen LogP contribution in [0.3, 0.4) is 0 Å². The van der Waals surface area contributed by atoms with Crippen LogP contribution in [-0.4, -0.2) is 24.9 Å². The lowest BCUT2D eigenvalue weighted by molar-refractivity contribution is 0.0601. The van der Waals surface area contributed by atoms with E-state index in [1.54, 1.807) is 24.3 Å². The lowest BCUT2D eigenvalue weighted by Crippen LogP contribution is -2.31. The van der Waals surface area contributed by atoms with Gasteiger partial charge < -0.3 is 4.74 Å². The Morgan fingerprint density at radius 2 is 1.64 bits per heavy atom. The third kappa shape index (κ3) is 2.07. The molecule has 0 unspecified atom stereocenters. The molecule has 0 N–H and O–H groups in total. The summed E-state index contributed by atoms with van der Waals surface area (Å²) in [6, 6.07) is 10.8. The molecule has 1 aliphatic rings. The Kier molecular flexibility index (Phi) is 3.42. The van der Waals surface area contributed by atoms with E-state index in [2.05, 4.69) is 0 Å². The van der Waals surface area contributed by atoms with Gasteiger partial charge in [0.15, 0.2) is 0 Å². The lowest BCUT2D eigenvalue weighted by Gasteiger charge is -2.17. The van der Waals surface area contributed by atoms with E-state index < -0.39 is 17.8 Å². The van der Waals surface area contributed by atoms with Gasteiger partial charge in [-0.1, -0.05) is 23.7 Å². The molecule has 0 fully saturated rings. The lowest BCUT2D eigenvalue weighted by atomic mass is 10.1. The topological polar surface area (TPSA) is 63.7 Å². The van der Waals surface area contributed by atoms with Crippen LogP contribution in [0.1, 0.15) is 31.1 Å². The first-order valence-electron chi connectivity index (χ1n) is 6.40. The van der Waals surface area contributed by atoms with Gasteiger partial charge in [0.1, 0.15) is 0 Å². The number of rotatable bonds is 2. The fourth-order valence-corrected chi connectivity index (χ4v) is 2.55. The van der Waals surface area contributed by atoms with Crippen molar-refractivity contribution in [2.24, 2.45) is 0 Å². The molecule has 0 aliphatic carbocycles. The van der Waals surface area contributed by atoms with Crippen LogP contribution < -0.4 is 4.90 Å². The highest BCUT2D eigenvalue weighted by molar-refractivity contribution is 6.36. The zero-order chi connectivity index (χ0) is 15.9. The molecule has 0 saturated carbocycles. The van der Waals surface area contributed by atoms with E-state index in [-0.39, 0.29) is 11.3 Å². The number of amides is 2. The van der Waals surface area contributed by atoms with Gasteiger partial charge in [0, 0.05) is 5.02 Å². The molecule has 0 atom stereocenters. The third-order valence-electron chi connectivity index (χ3n) is 3.40. The monoisotopic (exact) mass is 315 g/mol. The first-order chi connectivity index (χ1) is 10.5. The third-order valence-corrected chi connectivity index (χ3v) is 3.64. The number of hydrogen-bond acceptors (Lipinski definition) is 4. The summed E-state index contributed by atoms with van der Waals surface area (Å²) in [6.07, 6.45) is 0. The highest BCUT2D eigenvalue weighted by atomic mass is 35.5. The van der Waals surface area contributed by atoms with Crippen molar-refractivity contribution in [3.05, 3.63) is 64.2 Å². The number of imide groups is 1. The second-order valence-electron chi connectivity index (χ2n) is 4.64. The standard InChI is InChI=1S/C16H10ClNO4/c1-22-16(21)12-7-6-9(17)8-13(12)18-14(19)10-4-2-3-5-11(10)15(18)20/h2-8H,1H3. The van der Waals surface area contributed by atoms with Gasteiger partial charge in [-0.2, -0.15) is 0 Å². The van der Waals surface area contributed by atoms with Crippen molar-refractivity contribution in [2.75, 3.05) is 12.0 Å². The maximum atomic E-state index is 12.5. The van der Waals surface area contributed by atoms with E-state index in [9.17, 15) is 14.4 Å². The number of benzene rings is 2. The summed E-state index contributed by atoms with van der Waals surface area (Å²) in [5.41, 5.74) is 0.804. The van der Waals surface area contributed by atoms with Crippen molar-refractivity contribution in [1.82, 2.24) is 0 Å². The predicted octanol–water partition coefficient (Wildman–Crippen LogP) is 2.93. The molecular formula is C16H10ClNO4. The number of carbonyl (C=O) groups is 3. The summed E-state index contributed by atoms with van der Waals surface area (Å²) in [4.78, 5) is 37.8. The van der Waals surface area contributed by atoms with E-state index in [4.69, 9.17) is 16.3 Å². The van der Waals surface area contributed by atoms with Crippen LogP contribution >= 0.6 is 11.6 Å². The van der Waals surface area contributed by atoms with E-state index in [1.807, 2.05) is 0 Å². The molecule has 0 saturated heterocycles. The van der Waals surface area contributed by atoms with Crippen molar-refractivity contribution in [3.63, 3.8) is 0 Å². The molecule has 0 radical (unpaired) electrons. The minimum absolute atomic E-state index is 0.0985. The smallest absolute Gasteiger partial charge is 0.339 e. The van der Waals surface area contributed by atoms with Crippen LogP contribution in [0.15, 0.2) is 42.5 Å². The van der Waals surface area contributed by atoms with Gasteiger partial charge in [0.2, 0.25) is 0 Å². The predicted molar refractivity (Wildman–Crippen MR) is 80.4 cm³/mol. The first-order valence-corrected chi connectivity index (χ1v) is 6.78. The molecule has 2 aromatic carbocycles. The van der Waals surface area contributed by atoms with Gasteiger partial charge in [0.25, 0.3) is 11.8 Å². The molecule has 1 aliphatic heterocycles. The SMILES string of the molecule is COC(=O)c1ccc(Cl)cc1N1C(=O)c2ccccc2C1=O. The fourth-order valence-electron chi connectivity index (χ4n) is 2.38. The zero-order valence-corrected chi connectivity index (χ0v) is 12.3. The average Bonchev–Trinajstić information content (AvgIpc) is 2.78. The molecule has 0 aromatic heterocycles. The summed E-state index contributed by atoms with van der Waals surface area (Å²) in [5, 5.41) is 0.305. The molecule has 1 heterocycles. The van der Waals surface area contributed by atoms with E-state index in [0.29, 0.717) is 16.1 Å². The number of hydrogen-bond donors (Lipinski definition) is 0. The maximum Gasteiger partial charge on any atom is 0.339 e. The highest BCUT2D eigenvalue weighted by Gasteiger charge is 2.38. The maximum absolute atomic E-state index is 12.5. The molecule has 0 spiro atoms. The zero-order valence-electron chi connectivity index (χ0n) is 11.5. The van der Waals surface area contributed by atoms with E-state index in [0.717, 1.165) is 4.90 Å².